The molecule has 1 aliphatic carbocycles. The highest BCUT2D eigenvalue weighted by Gasteiger charge is 2.59. The summed E-state index contributed by atoms with van der Waals surface area (Å²) >= 11 is 0. The Morgan fingerprint density at radius 2 is 1.94 bits per heavy atom. The Morgan fingerprint density at radius 1 is 1.35 bits per heavy atom. The molecule has 0 unspecified atom stereocenters. The van der Waals surface area contributed by atoms with E-state index in [1.807, 2.05) is 0 Å². The minimum absolute atomic E-state index is 0.151. The molecule has 0 radical (unpaired) electrons. The highest BCUT2D eigenvalue weighted by Crippen LogP contribution is 2.48. The molecule has 0 bridgehead atoms. The van der Waals surface area contributed by atoms with Crippen LogP contribution in [0.5, 0.6) is 0 Å². The van der Waals surface area contributed by atoms with Crippen molar-refractivity contribution in [3.63, 3.8) is 0 Å². The average Bonchev–Trinajstić information content (AvgIpc) is 3.18. The fourth-order valence-electron chi connectivity index (χ4n) is 2.23. The van der Waals surface area contributed by atoms with Crippen molar-refractivity contribution >= 4 is 11.9 Å². The third-order valence-electron chi connectivity index (χ3n) is 3.58. The molecule has 1 amide bonds. The van der Waals surface area contributed by atoms with Crippen LogP contribution in [0.25, 0.3) is 0 Å². The number of hydrogen-bond acceptors (Lipinski definition) is 3. The van der Waals surface area contributed by atoms with E-state index in [2.05, 4.69) is 4.74 Å². The summed E-state index contributed by atoms with van der Waals surface area (Å²) in [6.07, 6.45) is 2.87. The van der Waals surface area contributed by atoms with Gasteiger partial charge < -0.3 is 9.64 Å². The normalized spacial score (nSPS) is 22.0. The second-order valence-electron chi connectivity index (χ2n) is 4.63. The Labute approximate surface area is 99.4 Å². The van der Waals surface area contributed by atoms with Crippen LogP contribution in [-0.4, -0.2) is 37.0 Å². The predicted octanol–water partition coefficient (Wildman–Crippen LogP) is 1.42. The monoisotopic (exact) mass is 241 g/mol. The Morgan fingerprint density at radius 3 is 2.35 bits per heavy atom. The lowest BCUT2D eigenvalue weighted by Crippen LogP contribution is -2.44. The molecular formula is C12H16FNO3. The molecule has 1 heterocycles. The van der Waals surface area contributed by atoms with E-state index in [9.17, 15) is 14.0 Å². The van der Waals surface area contributed by atoms with E-state index < -0.39 is 11.4 Å². The lowest BCUT2D eigenvalue weighted by Gasteiger charge is -2.30. The van der Waals surface area contributed by atoms with Gasteiger partial charge in [0.25, 0.3) is 0 Å². The maximum absolute atomic E-state index is 12.3. The van der Waals surface area contributed by atoms with Gasteiger partial charge in [-0.15, -0.1) is 0 Å². The zero-order valence-corrected chi connectivity index (χ0v) is 9.87. The van der Waals surface area contributed by atoms with Crippen molar-refractivity contribution < 1.29 is 18.7 Å². The van der Waals surface area contributed by atoms with Gasteiger partial charge in [0.05, 0.1) is 13.4 Å². The van der Waals surface area contributed by atoms with E-state index in [-0.39, 0.29) is 5.91 Å². The van der Waals surface area contributed by atoms with Gasteiger partial charge in [-0.25, -0.2) is 4.39 Å². The lowest BCUT2D eigenvalue weighted by atomic mass is 10.0. The number of carbonyl (C=O) groups is 2. The largest absolute Gasteiger partial charge is 0.468 e. The number of nitrogens with zero attached hydrogens (tertiary/aromatic N) is 1. The van der Waals surface area contributed by atoms with Crippen molar-refractivity contribution in [3.05, 3.63) is 11.9 Å². The molecule has 2 fully saturated rings. The zero-order valence-electron chi connectivity index (χ0n) is 9.87. The third kappa shape index (κ3) is 2.06. The second kappa shape index (κ2) is 4.47. The summed E-state index contributed by atoms with van der Waals surface area (Å²) in [6.45, 7) is 0.987. The van der Waals surface area contributed by atoms with Crippen LogP contribution in [0.1, 0.15) is 25.7 Å². The fourth-order valence-corrected chi connectivity index (χ4v) is 2.23. The number of piperidine rings is 1. The van der Waals surface area contributed by atoms with Crippen molar-refractivity contribution in [2.75, 3.05) is 20.2 Å². The predicted molar refractivity (Wildman–Crippen MR) is 58.7 cm³/mol. The first-order valence-electron chi connectivity index (χ1n) is 5.80. The van der Waals surface area contributed by atoms with E-state index in [4.69, 9.17) is 0 Å². The van der Waals surface area contributed by atoms with Crippen molar-refractivity contribution in [2.45, 2.75) is 25.7 Å². The molecule has 94 valence electrons. The van der Waals surface area contributed by atoms with Crippen LogP contribution in [0.15, 0.2) is 11.9 Å². The molecule has 0 aromatic rings. The van der Waals surface area contributed by atoms with Crippen molar-refractivity contribution in [1.82, 2.24) is 4.90 Å². The number of halogens is 1. The third-order valence-corrected chi connectivity index (χ3v) is 3.58. The Bertz CT molecular complexity index is 364. The number of hydrogen-bond donors (Lipinski definition) is 0. The van der Waals surface area contributed by atoms with Gasteiger partial charge in [0.1, 0.15) is 5.41 Å². The number of ether oxygens (including phenoxy) is 1. The van der Waals surface area contributed by atoms with Crippen LogP contribution in [-0.2, 0) is 14.3 Å². The van der Waals surface area contributed by atoms with Crippen LogP contribution in [0.4, 0.5) is 4.39 Å². The van der Waals surface area contributed by atoms with Gasteiger partial charge in [0.2, 0.25) is 5.91 Å². The summed E-state index contributed by atoms with van der Waals surface area (Å²) in [6, 6.07) is 0. The fraction of sp³-hybridized carbons (Fsp3) is 0.667. The molecule has 1 saturated carbocycles. The van der Waals surface area contributed by atoms with Crippen LogP contribution < -0.4 is 0 Å². The molecule has 0 spiro atoms. The minimum atomic E-state index is -0.925. The summed E-state index contributed by atoms with van der Waals surface area (Å²) in [5.41, 5.74) is -0.192. The van der Waals surface area contributed by atoms with Gasteiger partial charge in [-0.2, -0.15) is 0 Å². The van der Waals surface area contributed by atoms with Crippen molar-refractivity contribution in [1.29, 1.82) is 0 Å². The molecule has 2 rings (SSSR count). The molecule has 17 heavy (non-hydrogen) atoms. The van der Waals surface area contributed by atoms with E-state index in [1.165, 1.54) is 7.11 Å². The summed E-state index contributed by atoms with van der Waals surface area (Å²) in [5, 5.41) is 0. The number of methoxy groups -OCH3 is 1. The molecule has 0 atom stereocenters. The summed E-state index contributed by atoms with van der Waals surface area (Å²) in [5.74, 6) is -0.586. The van der Waals surface area contributed by atoms with Crippen molar-refractivity contribution in [3.8, 4) is 0 Å². The molecular weight excluding hydrogens is 225 g/mol. The first-order valence-corrected chi connectivity index (χ1v) is 5.80. The van der Waals surface area contributed by atoms with E-state index >= 15 is 0 Å². The first kappa shape index (κ1) is 12.1. The SMILES string of the molecule is COC(=O)C1(C(=O)N2CCC(=CF)CC2)CC1. The number of esters is 1. The van der Waals surface area contributed by atoms with Gasteiger partial charge in [-0.05, 0) is 31.3 Å². The molecule has 0 N–H and O–H groups in total. The number of rotatable bonds is 2. The maximum atomic E-state index is 12.3. The Kier molecular flexibility index (Phi) is 3.17. The Balaban J connectivity index is 2.00. The van der Waals surface area contributed by atoms with Gasteiger partial charge >= 0.3 is 5.97 Å². The second-order valence-corrected chi connectivity index (χ2v) is 4.63. The number of likely N-dealkylation sites (tertiary alicyclic amines) is 1. The Hall–Kier alpha value is -1.39. The summed E-state index contributed by atoms with van der Waals surface area (Å²) in [7, 11) is 1.30. The molecule has 2 aliphatic rings. The first-order chi connectivity index (χ1) is 8.14. The van der Waals surface area contributed by atoms with E-state index in [1.54, 1.807) is 4.90 Å². The quantitative estimate of drug-likeness (QED) is 0.542. The van der Waals surface area contributed by atoms with E-state index in [0.717, 1.165) is 5.57 Å². The smallest absolute Gasteiger partial charge is 0.321 e. The van der Waals surface area contributed by atoms with Crippen LogP contribution in [0, 0.1) is 5.41 Å². The topological polar surface area (TPSA) is 46.6 Å². The molecule has 4 nitrogen and oxygen atoms in total. The number of carbonyl (C=O) groups excluding carboxylic acids is 2. The van der Waals surface area contributed by atoms with Crippen molar-refractivity contribution in [2.24, 2.45) is 5.41 Å². The van der Waals surface area contributed by atoms with Gasteiger partial charge in [0, 0.05) is 13.1 Å². The van der Waals surface area contributed by atoms with Gasteiger partial charge in [-0.3, -0.25) is 9.59 Å². The molecule has 0 aromatic carbocycles. The molecule has 1 saturated heterocycles. The molecule has 5 heteroatoms. The maximum Gasteiger partial charge on any atom is 0.321 e. The standard InChI is InChI=1S/C12H16FNO3/c1-17-11(16)12(4-5-12)10(15)14-6-2-9(8-13)3-7-14/h8H,2-7H2,1H3. The summed E-state index contributed by atoms with van der Waals surface area (Å²) in [4.78, 5) is 25.4. The summed E-state index contributed by atoms with van der Waals surface area (Å²) < 4.78 is 17.0. The minimum Gasteiger partial charge on any atom is -0.468 e. The average molecular weight is 241 g/mol. The highest BCUT2D eigenvalue weighted by molar-refractivity contribution is 6.05. The van der Waals surface area contributed by atoms with Crippen LogP contribution in [0.2, 0.25) is 0 Å². The van der Waals surface area contributed by atoms with E-state index in [0.29, 0.717) is 45.1 Å². The highest BCUT2D eigenvalue weighted by atomic mass is 19.1. The van der Waals surface area contributed by atoms with Crippen LogP contribution in [0.3, 0.4) is 0 Å². The number of amides is 1. The van der Waals surface area contributed by atoms with Gasteiger partial charge in [0.15, 0.2) is 0 Å². The van der Waals surface area contributed by atoms with Gasteiger partial charge in [-0.1, -0.05) is 0 Å². The molecule has 0 aromatic heterocycles. The molecule has 1 aliphatic heterocycles. The zero-order chi connectivity index (χ0) is 12.5. The van der Waals surface area contributed by atoms with Crippen LogP contribution >= 0.6 is 0 Å². The lowest BCUT2D eigenvalue weighted by molar-refractivity contribution is -0.156.